The summed E-state index contributed by atoms with van der Waals surface area (Å²) in [6.45, 7) is 1.27. The third-order valence-corrected chi connectivity index (χ3v) is 3.72. The molecular formula is C18H13N3O6. The number of ketones is 1. The molecule has 136 valence electrons. The number of rotatable bonds is 5. The highest BCUT2D eigenvalue weighted by atomic mass is 16.6. The lowest BCUT2D eigenvalue weighted by atomic mass is 10.1. The molecule has 3 rings (SSSR count). The minimum atomic E-state index is -0.742. The first-order valence-corrected chi connectivity index (χ1v) is 7.72. The number of carbonyl (C=O) groups is 1. The molecule has 0 fully saturated rings. The third-order valence-electron chi connectivity index (χ3n) is 3.72. The fraction of sp³-hybridized carbons (Fsp3) is 0.111. The molecule has 1 aromatic heterocycles. The fourth-order valence-corrected chi connectivity index (χ4v) is 2.40. The summed E-state index contributed by atoms with van der Waals surface area (Å²) in [6, 6.07) is 10.1. The second kappa shape index (κ2) is 7.16. The molecule has 1 heterocycles. The number of non-ortho nitro benzene ring substituents is 1. The standard InChI is InChI=1S/C18H13N3O6/c1-10(22)15-8-11-7-13(9-16(26-2)17(11)27-18(15)23)20-19-12-3-5-14(6-4-12)21(24)25/h3-9H,1-2H3. The van der Waals surface area contributed by atoms with E-state index >= 15 is 0 Å². The largest absolute Gasteiger partial charge is 0.493 e. The van der Waals surface area contributed by atoms with Crippen LogP contribution in [0.4, 0.5) is 17.1 Å². The molecule has 3 aromatic rings. The Hall–Kier alpha value is -3.88. The molecule has 27 heavy (non-hydrogen) atoms. The van der Waals surface area contributed by atoms with Gasteiger partial charge in [-0.15, -0.1) is 0 Å². The maximum atomic E-state index is 11.9. The molecule has 0 bridgehead atoms. The first kappa shape index (κ1) is 17.9. The number of ether oxygens (including phenoxy) is 1. The van der Waals surface area contributed by atoms with Crippen LogP contribution >= 0.6 is 0 Å². The number of nitrogens with zero attached hydrogens (tertiary/aromatic N) is 3. The van der Waals surface area contributed by atoms with Gasteiger partial charge in [0.1, 0.15) is 5.56 Å². The van der Waals surface area contributed by atoms with Crippen molar-refractivity contribution in [1.82, 2.24) is 0 Å². The van der Waals surface area contributed by atoms with Crippen LogP contribution in [-0.4, -0.2) is 17.8 Å². The van der Waals surface area contributed by atoms with Crippen LogP contribution in [0.2, 0.25) is 0 Å². The van der Waals surface area contributed by atoms with E-state index in [1.54, 1.807) is 6.07 Å². The van der Waals surface area contributed by atoms with Gasteiger partial charge in [-0.1, -0.05) is 0 Å². The van der Waals surface area contributed by atoms with Crippen molar-refractivity contribution in [2.45, 2.75) is 6.92 Å². The quantitative estimate of drug-likeness (QED) is 0.217. The van der Waals surface area contributed by atoms with E-state index < -0.39 is 16.3 Å². The molecule has 0 unspecified atom stereocenters. The van der Waals surface area contributed by atoms with E-state index in [-0.39, 0.29) is 22.6 Å². The topological polar surface area (TPSA) is 124 Å². The van der Waals surface area contributed by atoms with Crippen LogP contribution in [0, 0.1) is 10.1 Å². The van der Waals surface area contributed by atoms with E-state index in [2.05, 4.69) is 10.2 Å². The molecule has 2 aromatic carbocycles. The zero-order chi connectivity index (χ0) is 19.6. The number of Topliss-reactive ketones (excluding diaryl/α,β-unsaturated/α-hetero) is 1. The highest BCUT2D eigenvalue weighted by Gasteiger charge is 2.14. The summed E-state index contributed by atoms with van der Waals surface area (Å²) in [5.41, 5.74) is 0.141. The van der Waals surface area contributed by atoms with Crippen LogP contribution in [0.25, 0.3) is 11.0 Å². The highest BCUT2D eigenvalue weighted by Crippen LogP contribution is 2.32. The monoisotopic (exact) mass is 367 g/mol. The first-order valence-electron chi connectivity index (χ1n) is 7.72. The Kier molecular flexibility index (Phi) is 4.75. The Morgan fingerprint density at radius 2 is 1.78 bits per heavy atom. The maximum absolute atomic E-state index is 11.9. The lowest BCUT2D eigenvalue weighted by molar-refractivity contribution is -0.384. The van der Waals surface area contributed by atoms with Crippen molar-refractivity contribution < 1.29 is 18.9 Å². The summed E-state index contributed by atoms with van der Waals surface area (Å²) >= 11 is 0. The zero-order valence-electron chi connectivity index (χ0n) is 14.3. The van der Waals surface area contributed by atoms with Gasteiger partial charge in [0.05, 0.1) is 23.4 Å². The number of benzene rings is 2. The Bertz CT molecular complexity index is 1130. The van der Waals surface area contributed by atoms with Gasteiger partial charge < -0.3 is 9.15 Å². The molecule has 0 amide bonds. The SMILES string of the molecule is COc1cc(N=Nc2ccc([N+](=O)[O-])cc2)cc2cc(C(C)=O)c(=O)oc12. The molecule has 0 radical (unpaired) electrons. The summed E-state index contributed by atoms with van der Waals surface area (Å²) in [5, 5.41) is 19.2. The lowest BCUT2D eigenvalue weighted by Crippen LogP contribution is -2.11. The summed E-state index contributed by atoms with van der Waals surface area (Å²) in [4.78, 5) is 33.6. The van der Waals surface area contributed by atoms with Crippen LogP contribution in [0.15, 0.2) is 61.9 Å². The van der Waals surface area contributed by atoms with E-state index in [0.717, 1.165) is 0 Å². The Balaban J connectivity index is 2.03. The van der Waals surface area contributed by atoms with E-state index in [9.17, 15) is 19.7 Å². The second-order valence-electron chi connectivity index (χ2n) is 5.54. The van der Waals surface area contributed by atoms with Gasteiger partial charge in [-0.2, -0.15) is 10.2 Å². The van der Waals surface area contributed by atoms with Crippen molar-refractivity contribution in [2.24, 2.45) is 10.2 Å². The summed E-state index contributed by atoms with van der Waals surface area (Å²) < 4.78 is 10.4. The maximum Gasteiger partial charge on any atom is 0.347 e. The highest BCUT2D eigenvalue weighted by molar-refractivity contribution is 5.97. The summed E-state index contributed by atoms with van der Waals surface area (Å²) in [5.74, 6) is -0.153. The fourth-order valence-electron chi connectivity index (χ4n) is 2.40. The molecule has 0 saturated heterocycles. The molecule has 0 N–H and O–H groups in total. The lowest BCUT2D eigenvalue weighted by Gasteiger charge is -2.06. The van der Waals surface area contributed by atoms with Crippen molar-refractivity contribution in [1.29, 1.82) is 0 Å². The van der Waals surface area contributed by atoms with Gasteiger partial charge in [0.25, 0.3) is 5.69 Å². The van der Waals surface area contributed by atoms with E-state index in [0.29, 0.717) is 16.8 Å². The van der Waals surface area contributed by atoms with Gasteiger partial charge in [-0.3, -0.25) is 14.9 Å². The molecule has 9 nitrogen and oxygen atoms in total. The van der Waals surface area contributed by atoms with Crippen molar-refractivity contribution >= 4 is 33.8 Å². The van der Waals surface area contributed by atoms with Gasteiger partial charge in [-0.25, -0.2) is 4.79 Å². The van der Waals surface area contributed by atoms with E-state index in [1.165, 1.54) is 50.4 Å². The zero-order valence-corrected chi connectivity index (χ0v) is 14.3. The summed E-state index contributed by atoms with van der Waals surface area (Å²) in [7, 11) is 1.41. The Morgan fingerprint density at radius 3 is 2.37 bits per heavy atom. The van der Waals surface area contributed by atoms with Crippen LogP contribution < -0.4 is 10.4 Å². The van der Waals surface area contributed by atoms with Crippen molar-refractivity contribution in [3.8, 4) is 5.75 Å². The molecule has 9 heteroatoms. The average molecular weight is 367 g/mol. The van der Waals surface area contributed by atoms with Gasteiger partial charge in [0.15, 0.2) is 17.1 Å². The number of hydrogen-bond acceptors (Lipinski definition) is 8. The number of hydrogen-bond donors (Lipinski definition) is 0. The number of nitro benzene ring substituents is 1. The van der Waals surface area contributed by atoms with Gasteiger partial charge in [0, 0.05) is 23.6 Å². The molecule has 0 aliphatic heterocycles. The minimum absolute atomic E-state index is 0.0480. The first-order chi connectivity index (χ1) is 12.9. The molecule has 0 aliphatic rings. The third kappa shape index (κ3) is 3.71. The Labute approximate surface area is 152 Å². The predicted molar refractivity (Wildman–Crippen MR) is 96.3 cm³/mol. The molecule has 0 saturated carbocycles. The molecule has 0 spiro atoms. The van der Waals surface area contributed by atoms with E-state index in [4.69, 9.17) is 9.15 Å². The van der Waals surface area contributed by atoms with Crippen molar-refractivity contribution in [2.75, 3.05) is 7.11 Å². The van der Waals surface area contributed by atoms with Gasteiger partial charge in [-0.05, 0) is 31.2 Å². The Morgan fingerprint density at radius 1 is 1.11 bits per heavy atom. The number of fused-ring (bicyclic) bond motifs is 1. The minimum Gasteiger partial charge on any atom is -0.493 e. The van der Waals surface area contributed by atoms with Crippen molar-refractivity contribution in [3.63, 3.8) is 0 Å². The van der Waals surface area contributed by atoms with Gasteiger partial charge >= 0.3 is 5.63 Å². The van der Waals surface area contributed by atoms with Crippen molar-refractivity contribution in [3.05, 3.63) is 68.6 Å². The predicted octanol–water partition coefficient (Wildman–Crippen LogP) is 4.33. The number of carbonyl (C=O) groups excluding carboxylic acids is 1. The second-order valence-corrected chi connectivity index (χ2v) is 5.54. The molecule has 0 aliphatic carbocycles. The van der Waals surface area contributed by atoms with Crippen LogP contribution in [0.3, 0.4) is 0 Å². The van der Waals surface area contributed by atoms with Crippen LogP contribution in [0.5, 0.6) is 5.75 Å². The van der Waals surface area contributed by atoms with Crippen LogP contribution in [-0.2, 0) is 0 Å². The average Bonchev–Trinajstić information content (AvgIpc) is 2.65. The molecule has 0 atom stereocenters. The normalized spacial score (nSPS) is 11.0. The number of methoxy groups -OCH3 is 1. The van der Waals surface area contributed by atoms with Crippen LogP contribution in [0.1, 0.15) is 17.3 Å². The molecular weight excluding hydrogens is 354 g/mol. The smallest absolute Gasteiger partial charge is 0.347 e. The number of azo groups is 1. The summed E-state index contributed by atoms with van der Waals surface area (Å²) in [6.07, 6.45) is 0. The van der Waals surface area contributed by atoms with Gasteiger partial charge in [0.2, 0.25) is 0 Å². The van der Waals surface area contributed by atoms with E-state index in [1.807, 2.05) is 0 Å². The number of nitro groups is 1.